The number of halogens is 1. The highest BCUT2D eigenvalue weighted by Gasteiger charge is 2.38. The van der Waals surface area contributed by atoms with E-state index in [1.165, 1.54) is 0 Å². The lowest BCUT2D eigenvalue weighted by Gasteiger charge is -2.39. The Labute approximate surface area is 117 Å². The molecule has 0 aromatic heterocycles. The summed E-state index contributed by atoms with van der Waals surface area (Å²) in [6, 6.07) is 0. The van der Waals surface area contributed by atoms with Crippen LogP contribution in [0.1, 0.15) is 40.0 Å². The van der Waals surface area contributed by atoms with Crippen molar-refractivity contribution >= 4 is 18.3 Å². The summed E-state index contributed by atoms with van der Waals surface area (Å²) in [5, 5.41) is 0. The van der Waals surface area contributed by atoms with Gasteiger partial charge in [0, 0.05) is 19.6 Å². The molecule has 0 saturated carbocycles. The van der Waals surface area contributed by atoms with E-state index < -0.39 is 0 Å². The number of ether oxygens (including phenoxy) is 1. The van der Waals surface area contributed by atoms with Gasteiger partial charge in [-0.15, -0.1) is 12.4 Å². The molecule has 4 nitrogen and oxygen atoms in total. The van der Waals surface area contributed by atoms with Crippen LogP contribution in [0.15, 0.2) is 0 Å². The van der Waals surface area contributed by atoms with E-state index in [0.29, 0.717) is 19.7 Å². The summed E-state index contributed by atoms with van der Waals surface area (Å²) in [7, 11) is 0. The summed E-state index contributed by atoms with van der Waals surface area (Å²) < 4.78 is 5.60. The quantitative estimate of drug-likeness (QED) is 0.834. The molecule has 1 unspecified atom stereocenters. The van der Waals surface area contributed by atoms with Crippen LogP contribution in [0.5, 0.6) is 0 Å². The van der Waals surface area contributed by atoms with Crippen LogP contribution in [-0.4, -0.2) is 43.2 Å². The van der Waals surface area contributed by atoms with Crippen LogP contribution >= 0.6 is 12.4 Å². The predicted octanol–water partition coefficient (Wildman–Crippen LogP) is 1.81. The van der Waals surface area contributed by atoms with Crippen molar-refractivity contribution in [3.8, 4) is 0 Å². The zero-order chi connectivity index (χ0) is 12.9. The van der Waals surface area contributed by atoms with Crippen LogP contribution in [-0.2, 0) is 9.53 Å². The second-order valence-electron chi connectivity index (χ2n) is 4.84. The lowest BCUT2D eigenvalue weighted by atomic mass is 9.80. The molecule has 1 fully saturated rings. The van der Waals surface area contributed by atoms with Gasteiger partial charge in [0.1, 0.15) is 0 Å². The first-order valence-corrected chi connectivity index (χ1v) is 6.74. The van der Waals surface area contributed by atoms with Gasteiger partial charge in [0.2, 0.25) is 5.91 Å². The summed E-state index contributed by atoms with van der Waals surface area (Å²) in [4.78, 5) is 14.5. The summed E-state index contributed by atoms with van der Waals surface area (Å²) >= 11 is 0. The van der Waals surface area contributed by atoms with E-state index in [-0.39, 0.29) is 29.8 Å². The Balaban J connectivity index is 0.00000289. The second kappa shape index (κ2) is 7.97. The maximum absolute atomic E-state index is 12.6. The standard InChI is InChI=1S/C13H26N2O2.ClH/c1-4-11-9-15(7-8-17-11)12(16)13(5-2,6-3)10-14;/h11H,4-10,14H2,1-3H3;1H. The molecule has 1 aliphatic heterocycles. The highest BCUT2D eigenvalue weighted by atomic mass is 35.5. The molecule has 1 aliphatic rings. The number of nitrogens with zero attached hydrogens (tertiary/aromatic N) is 1. The molecule has 0 aliphatic carbocycles. The number of carbonyl (C=O) groups excluding carboxylic acids is 1. The minimum absolute atomic E-state index is 0. The van der Waals surface area contributed by atoms with Crippen molar-refractivity contribution in [2.45, 2.75) is 46.1 Å². The molecule has 0 radical (unpaired) electrons. The number of rotatable bonds is 5. The van der Waals surface area contributed by atoms with Crippen molar-refractivity contribution in [2.75, 3.05) is 26.2 Å². The monoisotopic (exact) mass is 278 g/mol. The van der Waals surface area contributed by atoms with Crippen molar-refractivity contribution in [1.82, 2.24) is 4.90 Å². The molecule has 5 heteroatoms. The van der Waals surface area contributed by atoms with E-state index in [0.717, 1.165) is 25.8 Å². The molecule has 1 saturated heterocycles. The van der Waals surface area contributed by atoms with Crippen molar-refractivity contribution < 1.29 is 9.53 Å². The van der Waals surface area contributed by atoms with Gasteiger partial charge in [-0.1, -0.05) is 20.8 Å². The minimum Gasteiger partial charge on any atom is -0.375 e. The number of hydrogen-bond donors (Lipinski definition) is 1. The van der Waals surface area contributed by atoms with Gasteiger partial charge in [0.25, 0.3) is 0 Å². The van der Waals surface area contributed by atoms with Crippen LogP contribution in [0.4, 0.5) is 0 Å². The van der Waals surface area contributed by atoms with Crippen molar-refractivity contribution in [2.24, 2.45) is 11.1 Å². The van der Waals surface area contributed by atoms with Gasteiger partial charge in [-0.2, -0.15) is 0 Å². The number of amides is 1. The zero-order valence-corrected chi connectivity index (χ0v) is 12.6. The molecular weight excluding hydrogens is 252 g/mol. The fraction of sp³-hybridized carbons (Fsp3) is 0.923. The zero-order valence-electron chi connectivity index (χ0n) is 11.8. The Bertz CT molecular complexity index is 249. The fourth-order valence-electron chi connectivity index (χ4n) is 2.41. The maximum Gasteiger partial charge on any atom is 0.230 e. The third kappa shape index (κ3) is 3.59. The van der Waals surface area contributed by atoms with Gasteiger partial charge in [0.15, 0.2) is 0 Å². The summed E-state index contributed by atoms with van der Waals surface area (Å²) in [6.07, 6.45) is 2.77. The number of carbonyl (C=O) groups is 1. The normalized spacial score (nSPS) is 20.4. The SMILES string of the molecule is CCC1CN(C(=O)C(CC)(CC)CN)CCO1.Cl. The maximum atomic E-state index is 12.6. The lowest BCUT2D eigenvalue weighted by molar-refractivity contribution is -0.149. The average Bonchev–Trinajstić information content (AvgIpc) is 2.41. The largest absolute Gasteiger partial charge is 0.375 e. The van der Waals surface area contributed by atoms with E-state index in [9.17, 15) is 4.79 Å². The first-order chi connectivity index (χ1) is 8.13. The van der Waals surface area contributed by atoms with Crippen molar-refractivity contribution in [1.29, 1.82) is 0 Å². The fourth-order valence-corrected chi connectivity index (χ4v) is 2.41. The first-order valence-electron chi connectivity index (χ1n) is 6.74. The van der Waals surface area contributed by atoms with Gasteiger partial charge in [-0.25, -0.2) is 0 Å². The Morgan fingerprint density at radius 1 is 1.39 bits per heavy atom. The van der Waals surface area contributed by atoms with E-state index in [2.05, 4.69) is 6.92 Å². The topological polar surface area (TPSA) is 55.6 Å². The summed E-state index contributed by atoms with van der Waals surface area (Å²) in [5.74, 6) is 0.215. The molecule has 1 amide bonds. The molecular formula is C13H27ClN2O2. The van der Waals surface area contributed by atoms with E-state index in [4.69, 9.17) is 10.5 Å². The number of hydrogen-bond acceptors (Lipinski definition) is 3. The van der Waals surface area contributed by atoms with Gasteiger partial charge in [-0.05, 0) is 19.3 Å². The van der Waals surface area contributed by atoms with Gasteiger partial charge >= 0.3 is 0 Å². The van der Waals surface area contributed by atoms with Gasteiger partial charge < -0.3 is 15.4 Å². The van der Waals surface area contributed by atoms with Crippen molar-refractivity contribution in [3.05, 3.63) is 0 Å². The van der Waals surface area contributed by atoms with Gasteiger partial charge in [-0.3, -0.25) is 4.79 Å². The third-order valence-electron chi connectivity index (χ3n) is 4.08. The molecule has 1 rings (SSSR count). The molecule has 0 bridgehead atoms. The molecule has 0 spiro atoms. The van der Waals surface area contributed by atoms with E-state index in [1.807, 2.05) is 18.7 Å². The molecule has 108 valence electrons. The molecule has 1 atom stereocenters. The van der Waals surface area contributed by atoms with E-state index in [1.54, 1.807) is 0 Å². The highest BCUT2D eigenvalue weighted by molar-refractivity contribution is 5.85. The van der Waals surface area contributed by atoms with Crippen LogP contribution in [0.2, 0.25) is 0 Å². The first kappa shape index (κ1) is 17.7. The summed E-state index contributed by atoms with van der Waals surface area (Å²) in [5.41, 5.74) is 5.46. The number of morpholine rings is 1. The lowest BCUT2D eigenvalue weighted by Crippen LogP contribution is -2.53. The second-order valence-corrected chi connectivity index (χ2v) is 4.84. The Morgan fingerprint density at radius 3 is 2.44 bits per heavy atom. The van der Waals surface area contributed by atoms with Crippen LogP contribution in [0.25, 0.3) is 0 Å². The van der Waals surface area contributed by atoms with Gasteiger partial charge in [0.05, 0.1) is 18.1 Å². The molecule has 0 aromatic rings. The predicted molar refractivity (Wildman–Crippen MR) is 75.9 cm³/mol. The molecule has 1 heterocycles. The number of nitrogens with two attached hydrogens (primary N) is 1. The summed E-state index contributed by atoms with van der Waals surface area (Å²) in [6.45, 7) is 8.70. The van der Waals surface area contributed by atoms with E-state index >= 15 is 0 Å². The van der Waals surface area contributed by atoms with Crippen LogP contribution in [0.3, 0.4) is 0 Å². The Morgan fingerprint density at radius 2 is 2.00 bits per heavy atom. The minimum atomic E-state index is -0.365. The Kier molecular flexibility index (Phi) is 7.83. The Hall–Kier alpha value is -0.320. The third-order valence-corrected chi connectivity index (χ3v) is 4.08. The molecule has 18 heavy (non-hydrogen) atoms. The smallest absolute Gasteiger partial charge is 0.230 e. The van der Waals surface area contributed by atoms with Crippen molar-refractivity contribution in [3.63, 3.8) is 0 Å². The highest BCUT2D eigenvalue weighted by Crippen LogP contribution is 2.28. The molecule has 0 aromatic carbocycles. The molecule has 2 N–H and O–H groups in total. The van der Waals surface area contributed by atoms with Crippen LogP contribution in [0, 0.1) is 5.41 Å². The average molecular weight is 279 g/mol. The van der Waals surface area contributed by atoms with Crippen LogP contribution < -0.4 is 5.73 Å².